The van der Waals surface area contributed by atoms with Crippen LogP contribution in [0.25, 0.3) is 5.57 Å². The van der Waals surface area contributed by atoms with Crippen molar-refractivity contribution in [1.29, 1.82) is 0 Å². The second-order valence-corrected chi connectivity index (χ2v) is 4.17. The summed E-state index contributed by atoms with van der Waals surface area (Å²) in [7, 11) is 0. The van der Waals surface area contributed by atoms with Gasteiger partial charge in [-0.05, 0) is 0 Å². The van der Waals surface area contributed by atoms with Gasteiger partial charge in [0.1, 0.15) is 0 Å². The summed E-state index contributed by atoms with van der Waals surface area (Å²) in [6.07, 6.45) is 4.14. The van der Waals surface area contributed by atoms with Gasteiger partial charge in [0.15, 0.2) is 0 Å². The molecule has 0 aliphatic carbocycles. The molecule has 2 aromatic carbocycles. The molecule has 91 valence electrons. The van der Waals surface area contributed by atoms with E-state index in [1.807, 2.05) is 19.0 Å². The van der Waals surface area contributed by atoms with Crippen LogP contribution in [0.3, 0.4) is 0 Å². The van der Waals surface area contributed by atoms with Crippen LogP contribution in [-0.2, 0) is 0 Å². The third-order valence-corrected chi connectivity index (χ3v) is 2.81. The van der Waals surface area contributed by atoms with Gasteiger partial charge in [-0.25, -0.2) is 0 Å². The van der Waals surface area contributed by atoms with E-state index >= 15 is 0 Å². The van der Waals surface area contributed by atoms with Crippen LogP contribution in [0.2, 0.25) is 0 Å². The van der Waals surface area contributed by atoms with E-state index in [4.69, 9.17) is 0 Å². The number of hydrogen-bond donors (Lipinski definition) is 0. The van der Waals surface area contributed by atoms with Crippen molar-refractivity contribution in [2.45, 2.75) is 0 Å². The summed E-state index contributed by atoms with van der Waals surface area (Å²) >= 11 is 2.97. The van der Waals surface area contributed by atoms with E-state index in [1.54, 1.807) is 0 Å². The zero-order valence-electron chi connectivity index (χ0n) is 9.27. The van der Waals surface area contributed by atoms with E-state index in [2.05, 4.69) is 99.3 Å². The van der Waals surface area contributed by atoms with Crippen LogP contribution in [0.5, 0.6) is 0 Å². The van der Waals surface area contributed by atoms with Gasteiger partial charge >= 0.3 is 135 Å². The Morgan fingerprint density at radius 2 is 1.24 bits per heavy atom. The molecule has 0 heterocycles. The standard InChI is InChI=1S/C16H13.Yb/c1-2-9-16(14-10-5-3-6-11-14)15-12-7-4-8-13-15;/h1-13H;. The molecule has 2 rings (SSSR count). The van der Waals surface area contributed by atoms with E-state index in [0.717, 1.165) is 0 Å². The van der Waals surface area contributed by atoms with Crippen molar-refractivity contribution in [3.05, 3.63) is 84.8 Å². The van der Waals surface area contributed by atoms with E-state index in [-0.39, 0.29) is 0 Å². The van der Waals surface area contributed by atoms with Crippen LogP contribution in [0, 0.1) is 44.6 Å². The fourth-order valence-corrected chi connectivity index (χ4v) is 1.88. The third-order valence-electron chi connectivity index (χ3n) is 2.48. The Labute approximate surface area is 133 Å². The quantitative estimate of drug-likeness (QED) is 0.703. The molecule has 0 spiro atoms. The van der Waals surface area contributed by atoms with Crippen LogP contribution in [-0.4, -0.2) is 0 Å². The minimum absolute atomic E-state index is 1.23. The monoisotopic (exact) mass is 379 g/mol. The molecule has 0 radical (unpaired) electrons. The number of benzene rings is 2. The van der Waals surface area contributed by atoms with Crippen molar-refractivity contribution in [3.8, 4) is 0 Å². The van der Waals surface area contributed by atoms with Crippen molar-refractivity contribution in [2.75, 3.05) is 0 Å². The van der Waals surface area contributed by atoms with E-state index < -0.39 is 0 Å². The minimum atomic E-state index is 1.23. The Morgan fingerprint density at radius 1 is 0.765 bits per heavy atom. The predicted octanol–water partition coefficient (Wildman–Crippen LogP) is 4.18. The Balaban J connectivity index is 2.47. The molecule has 1 heteroatoms. The molecule has 0 unspecified atom stereocenters. The second kappa shape index (κ2) is 7.00. The number of hydrogen-bond acceptors (Lipinski definition) is 0. The van der Waals surface area contributed by atoms with Crippen LogP contribution in [0.1, 0.15) is 11.1 Å². The molecule has 0 saturated heterocycles. The van der Waals surface area contributed by atoms with E-state index in [9.17, 15) is 0 Å². The summed E-state index contributed by atoms with van der Waals surface area (Å²) in [6, 6.07) is 20.8. The van der Waals surface area contributed by atoms with Crippen molar-refractivity contribution in [2.24, 2.45) is 0 Å². The van der Waals surface area contributed by atoms with Gasteiger partial charge in [-0.3, -0.25) is 0 Å². The first-order valence-electron chi connectivity index (χ1n) is 5.43. The van der Waals surface area contributed by atoms with Crippen LogP contribution in [0.4, 0.5) is 0 Å². The van der Waals surface area contributed by atoms with Crippen molar-refractivity contribution in [3.63, 3.8) is 0 Å². The molecule has 0 nitrogen and oxygen atoms in total. The molecule has 0 atom stereocenters. The van der Waals surface area contributed by atoms with Gasteiger partial charge in [0.05, 0.1) is 0 Å². The van der Waals surface area contributed by atoms with Crippen molar-refractivity contribution < 1.29 is 44.6 Å². The molecule has 0 fully saturated rings. The maximum atomic E-state index is 2.97. The zero-order chi connectivity index (χ0) is 11.9. The van der Waals surface area contributed by atoms with Gasteiger partial charge in [0, 0.05) is 0 Å². The van der Waals surface area contributed by atoms with Crippen LogP contribution < -0.4 is 0 Å². The molecule has 17 heavy (non-hydrogen) atoms. The average Bonchev–Trinajstić information content (AvgIpc) is 2.42. The second-order valence-electron chi connectivity index (χ2n) is 3.59. The SMILES string of the molecule is [Yb][CH]=CC=C(c1ccccc1)c1ccccc1. The predicted molar refractivity (Wildman–Crippen MR) is 69.1 cm³/mol. The molecule has 0 amide bonds. The topological polar surface area (TPSA) is 0 Å². The van der Waals surface area contributed by atoms with E-state index in [1.165, 1.54) is 16.7 Å². The summed E-state index contributed by atoms with van der Waals surface area (Å²) in [6.45, 7) is 0. The van der Waals surface area contributed by atoms with Gasteiger partial charge in [-0.1, -0.05) is 0 Å². The van der Waals surface area contributed by atoms with Crippen molar-refractivity contribution >= 4 is 5.57 Å². The maximum absolute atomic E-state index is 2.97. The summed E-state index contributed by atoms with van der Waals surface area (Å²) < 4.78 is 1.91. The first-order valence-corrected chi connectivity index (χ1v) is 6.42. The molecule has 0 saturated carbocycles. The molecule has 2 aromatic rings. The van der Waals surface area contributed by atoms with Gasteiger partial charge < -0.3 is 0 Å². The Bertz CT molecular complexity index is 468. The van der Waals surface area contributed by atoms with Gasteiger partial charge in [0.2, 0.25) is 0 Å². The van der Waals surface area contributed by atoms with Crippen LogP contribution >= 0.6 is 0 Å². The Kier molecular flexibility index (Phi) is 5.31. The van der Waals surface area contributed by atoms with E-state index in [0.29, 0.717) is 0 Å². The number of allylic oxidation sites excluding steroid dienone is 2. The molecular weight excluding hydrogens is 365 g/mol. The third kappa shape index (κ3) is 3.70. The molecule has 0 bridgehead atoms. The molecule has 0 aromatic heterocycles. The molecule has 0 aliphatic rings. The normalized spacial score (nSPS) is 10.5. The summed E-state index contributed by atoms with van der Waals surface area (Å²) in [5.74, 6) is 0. The van der Waals surface area contributed by atoms with Crippen molar-refractivity contribution in [1.82, 2.24) is 0 Å². The molecule has 0 N–H and O–H groups in total. The summed E-state index contributed by atoms with van der Waals surface area (Å²) in [5, 5.41) is 0. The fraction of sp³-hybridized carbons (Fsp3) is 0. The van der Waals surface area contributed by atoms with Gasteiger partial charge in [0.25, 0.3) is 0 Å². The number of rotatable bonds is 3. The fourth-order valence-electron chi connectivity index (χ4n) is 1.72. The first-order chi connectivity index (χ1) is 8.42. The summed E-state index contributed by atoms with van der Waals surface area (Å²) in [5.41, 5.74) is 3.69. The molecular formula is C16H13Yb. The summed E-state index contributed by atoms with van der Waals surface area (Å²) in [4.78, 5) is 0. The zero-order valence-corrected chi connectivity index (χ0v) is 11.0. The Hall–Kier alpha value is -0.561. The van der Waals surface area contributed by atoms with Gasteiger partial charge in [-0.15, -0.1) is 0 Å². The Morgan fingerprint density at radius 3 is 1.65 bits per heavy atom. The van der Waals surface area contributed by atoms with Crippen LogP contribution in [0.15, 0.2) is 73.6 Å². The molecule has 0 aliphatic heterocycles. The average molecular weight is 378 g/mol. The first kappa shape index (κ1) is 12.9. The van der Waals surface area contributed by atoms with Gasteiger partial charge in [-0.2, -0.15) is 0 Å².